The number of nitrogens with zero attached hydrogens (tertiary/aromatic N) is 3. The third-order valence-corrected chi connectivity index (χ3v) is 2.85. The number of amides is 1. The lowest BCUT2D eigenvalue weighted by molar-refractivity contribution is 0.0784. The van der Waals surface area contributed by atoms with Crippen LogP contribution in [0.1, 0.15) is 21.5 Å². The monoisotopic (exact) mass is 269 g/mol. The maximum absolute atomic E-state index is 12.8. The van der Waals surface area contributed by atoms with Gasteiger partial charge in [-0.05, 0) is 23.8 Å². The van der Waals surface area contributed by atoms with Crippen LogP contribution < -0.4 is 0 Å². The summed E-state index contributed by atoms with van der Waals surface area (Å²) in [7, 11) is 1.62. The number of carbonyl (C=O) groups excluding carboxylic acids is 1. The summed E-state index contributed by atoms with van der Waals surface area (Å²) in [6, 6.07) is 9.39. The molecular formula is C15H12FN3O. The first-order valence-corrected chi connectivity index (χ1v) is 5.96. The van der Waals surface area contributed by atoms with Crippen molar-refractivity contribution in [2.45, 2.75) is 6.54 Å². The summed E-state index contributed by atoms with van der Waals surface area (Å²) < 4.78 is 12.8. The first-order chi connectivity index (χ1) is 9.61. The van der Waals surface area contributed by atoms with Crippen LogP contribution in [0.5, 0.6) is 0 Å². The minimum atomic E-state index is -0.318. The van der Waals surface area contributed by atoms with E-state index < -0.39 is 0 Å². The molecule has 0 aliphatic carbocycles. The van der Waals surface area contributed by atoms with Gasteiger partial charge in [0, 0.05) is 26.0 Å². The van der Waals surface area contributed by atoms with E-state index in [1.807, 2.05) is 6.07 Å². The highest BCUT2D eigenvalue weighted by Crippen LogP contribution is 2.11. The topological polar surface area (TPSA) is 57.0 Å². The van der Waals surface area contributed by atoms with Crippen molar-refractivity contribution in [3.05, 3.63) is 65.2 Å². The summed E-state index contributed by atoms with van der Waals surface area (Å²) in [5, 5.41) is 8.98. The smallest absolute Gasteiger partial charge is 0.256 e. The molecule has 1 amide bonds. The summed E-state index contributed by atoms with van der Waals surface area (Å²) in [6.07, 6.45) is 2.84. The predicted octanol–water partition coefficient (Wildman–Crippen LogP) is 2.36. The molecule has 2 aromatic rings. The molecule has 0 aliphatic rings. The molecule has 20 heavy (non-hydrogen) atoms. The van der Waals surface area contributed by atoms with Gasteiger partial charge in [-0.3, -0.25) is 9.78 Å². The Balaban J connectivity index is 2.17. The van der Waals surface area contributed by atoms with E-state index in [2.05, 4.69) is 4.98 Å². The van der Waals surface area contributed by atoms with Crippen molar-refractivity contribution < 1.29 is 9.18 Å². The lowest BCUT2D eigenvalue weighted by Crippen LogP contribution is -2.27. The Bertz CT molecular complexity index is 662. The van der Waals surface area contributed by atoms with Gasteiger partial charge in [-0.15, -0.1) is 0 Å². The summed E-state index contributed by atoms with van der Waals surface area (Å²) >= 11 is 0. The number of halogens is 1. The number of pyridine rings is 1. The van der Waals surface area contributed by atoms with Crippen LogP contribution in [-0.4, -0.2) is 22.8 Å². The van der Waals surface area contributed by atoms with Crippen molar-refractivity contribution in [1.82, 2.24) is 9.88 Å². The quantitative estimate of drug-likeness (QED) is 0.859. The Kier molecular flexibility index (Phi) is 4.06. The Morgan fingerprint density at radius 2 is 2.05 bits per heavy atom. The average Bonchev–Trinajstić information content (AvgIpc) is 2.48. The van der Waals surface area contributed by atoms with Crippen LogP contribution in [0.3, 0.4) is 0 Å². The third kappa shape index (κ3) is 2.98. The second-order valence-electron chi connectivity index (χ2n) is 4.32. The second-order valence-corrected chi connectivity index (χ2v) is 4.32. The highest BCUT2D eigenvalue weighted by atomic mass is 19.1. The molecule has 0 fully saturated rings. The van der Waals surface area contributed by atoms with Crippen LogP contribution in [-0.2, 0) is 6.54 Å². The average molecular weight is 269 g/mol. The third-order valence-electron chi connectivity index (χ3n) is 2.85. The Hall–Kier alpha value is -2.74. The van der Waals surface area contributed by atoms with Gasteiger partial charge in [0.15, 0.2) is 0 Å². The van der Waals surface area contributed by atoms with Gasteiger partial charge in [0.25, 0.3) is 5.91 Å². The SMILES string of the molecule is CN(Cc1ccc(F)cc1)C(=O)c1cnccc1C#N. The number of nitriles is 1. The van der Waals surface area contributed by atoms with E-state index in [1.54, 1.807) is 19.2 Å². The lowest BCUT2D eigenvalue weighted by Gasteiger charge is -2.17. The van der Waals surface area contributed by atoms with Gasteiger partial charge < -0.3 is 4.90 Å². The number of hydrogen-bond acceptors (Lipinski definition) is 3. The molecule has 2 rings (SSSR count). The predicted molar refractivity (Wildman–Crippen MR) is 71.1 cm³/mol. The van der Waals surface area contributed by atoms with E-state index in [0.717, 1.165) is 5.56 Å². The number of benzene rings is 1. The largest absolute Gasteiger partial charge is 0.337 e. The maximum Gasteiger partial charge on any atom is 0.256 e. The molecular weight excluding hydrogens is 257 g/mol. The second kappa shape index (κ2) is 5.93. The molecule has 0 saturated heterocycles. The molecule has 0 spiro atoms. The van der Waals surface area contributed by atoms with Gasteiger partial charge >= 0.3 is 0 Å². The molecule has 1 aromatic carbocycles. The molecule has 5 heteroatoms. The number of rotatable bonds is 3. The van der Waals surface area contributed by atoms with Crippen LogP contribution in [0.15, 0.2) is 42.7 Å². The van der Waals surface area contributed by atoms with E-state index in [9.17, 15) is 9.18 Å². The molecule has 0 radical (unpaired) electrons. The lowest BCUT2D eigenvalue weighted by atomic mass is 10.1. The van der Waals surface area contributed by atoms with E-state index in [-0.39, 0.29) is 22.9 Å². The van der Waals surface area contributed by atoms with Gasteiger partial charge in [-0.25, -0.2) is 4.39 Å². The van der Waals surface area contributed by atoms with Crippen molar-refractivity contribution in [2.75, 3.05) is 7.05 Å². The van der Waals surface area contributed by atoms with Crippen LogP contribution in [0, 0.1) is 17.1 Å². The summed E-state index contributed by atoms with van der Waals surface area (Å²) in [5.74, 6) is -0.610. The van der Waals surface area contributed by atoms with E-state index in [1.165, 1.54) is 35.5 Å². The Morgan fingerprint density at radius 3 is 2.70 bits per heavy atom. The minimum absolute atomic E-state index is 0.264. The van der Waals surface area contributed by atoms with Crippen LogP contribution >= 0.6 is 0 Å². The van der Waals surface area contributed by atoms with Crippen molar-refractivity contribution in [1.29, 1.82) is 5.26 Å². The van der Waals surface area contributed by atoms with Gasteiger partial charge in [0.2, 0.25) is 0 Å². The number of carbonyl (C=O) groups is 1. The molecule has 0 atom stereocenters. The Labute approximate surface area is 116 Å². The van der Waals surface area contributed by atoms with Gasteiger partial charge in [-0.1, -0.05) is 12.1 Å². The number of hydrogen-bond donors (Lipinski definition) is 0. The molecule has 0 bridgehead atoms. The van der Waals surface area contributed by atoms with Crippen LogP contribution in [0.2, 0.25) is 0 Å². The molecule has 1 aromatic heterocycles. The summed E-state index contributed by atoms with van der Waals surface area (Å²) in [5.41, 5.74) is 1.36. The highest BCUT2D eigenvalue weighted by molar-refractivity contribution is 5.96. The number of aromatic nitrogens is 1. The highest BCUT2D eigenvalue weighted by Gasteiger charge is 2.16. The molecule has 1 heterocycles. The summed E-state index contributed by atoms with van der Waals surface area (Å²) in [6.45, 7) is 0.332. The van der Waals surface area contributed by atoms with Crippen molar-refractivity contribution in [3.8, 4) is 6.07 Å². The molecule has 0 saturated carbocycles. The van der Waals surface area contributed by atoms with Crippen molar-refractivity contribution >= 4 is 5.91 Å². The fraction of sp³-hybridized carbons (Fsp3) is 0.133. The first-order valence-electron chi connectivity index (χ1n) is 5.96. The zero-order valence-corrected chi connectivity index (χ0v) is 10.9. The van der Waals surface area contributed by atoms with Gasteiger partial charge in [0.05, 0.1) is 11.1 Å². The molecule has 4 nitrogen and oxygen atoms in total. The fourth-order valence-corrected chi connectivity index (χ4v) is 1.80. The van der Waals surface area contributed by atoms with E-state index in [0.29, 0.717) is 6.54 Å². The normalized spacial score (nSPS) is 9.85. The Morgan fingerprint density at radius 1 is 1.35 bits per heavy atom. The molecule has 100 valence electrons. The molecule has 0 unspecified atom stereocenters. The van der Waals surface area contributed by atoms with E-state index in [4.69, 9.17) is 5.26 Å². The van der Waals surface area contributed by atoms with Crippen molar-refractivity contribution in [2.24, 2.45) is 0 Å². The van der Waals surface area contributed by atoms with Gasteiger partial charge in [0.1, 0.15) is 11.9 Å². The maximum atomic E-state index is 12.8. The van der Waals surface area contributed by atoms with Crippen LogP contribution in [0.4, 0.5) is 4.39 Å². The fourth-order valence-electron chi connectivity index (χ4n) is 1.80. The zero-order chi connectivity index (χ0) is 14.5. The van der Waals surface area contributed by atoms with E-state index >= 15 is 0 Å². The summed E-state index contributed by atoms with van der Waals surface area (Å²) in [4.78, 5) is 17.6. The zero-order valence-electron chi connectivity index (χ0n) is 10.9. The first kappa shape index (κ1) is 13.7. The minimum Gasteiger partial charge on any atom is -0.337 e. The van der Waals surface area contributed by atoms with Gasteiger partial charge in [-0.2, -0.15) is 5.26 Å². The standard InChI is InChI=1S/C15H12FN3O/c1-19(10-11-2-4-13(16)5-3-11)15(20)14-9-18-7-6-12(14)8-17/h2-7,9H,10H2,1H3. The molecule has 0 aliphatic heterocycles. The molecule has 0 N–H and O–H groups in total. The van der Waals surface area contributed by atoms with Crippen molar-refractivity contribution in [3.63, 3.8) is 0 Å². The van der Waals surface area contributed by atoms with Crippen LogP contribution in [0.25, 0.3) is 0 Å².